The van der Waals surface area contributed by atoms with Crippen LogP contribution in [-0.2, 0) is 4.79 Å². The Labute approximate surface area is 103 Å². The fourth-order valence-electron chi connectivity index (χ4n) is 1.25. The molecule has 1 aromatic heterocycles. The van der Waals surface area contributed by atoms with Crippen molar-refractivity contribution in [3.63, 3.8) is 0 Å². The molecule has 1 rings (SSSR count). The van der Waals surface area contributed by atoms with Crippen LogP contribution in [0.4, 0.5) is 0 Å². The molecule has 0 fully saturated rings. The third kappa shape index (κ3) is 4.49. The number of thiophene rings is 1. The Morgan fingerprint density at radius 2 is 2.31 bits per heavy atom. The molecule has 0 saturated carbocycles. The smallest absolute Gasteiger partial charge is 0.306 e. The second kappa shape index (κ2) is 6.20. The molecule has 0 aliphatic heterocycles. The number of halogens is 1. The molecule has 6 heteroatoms. The lowest BCUT2D eigenvalue weighted by Gasteiger charge is -2.14. The van der Waals surface area contributed by atoms with Crippen LogP contribution in [-0.4, -0.2) is 28.8 Å². The Morgan fingerprint density at radius 1 is 1.62 bits per heavy atom. The topological polar surface area (TPSA) is 69.6 Å². The molecular formula is C10H14ClNO3S. The van der Waals surface area contributed by atoms with Gasteiger partial charge in [-0.3, -0.25) is 4.79 Å². The van der Waals surface area contributed by atoms with Gasteiger partial charge in [-0.2, -0.15) is 0 Å². The van der Waals surface area contributed by atoms with Gasteiger partial charge < -0.3 is 15.5 Å². The van der Waals surface area contributed by atoms with Gasteiger partial charge in [-0.15, -0.1) is 11.3 Å². The molecule has 90 valence electrons. The summed E-state index contributed by atoms with van der Waals surface area (Å²) in [5.41, 5.74) is 0. The van der Waals surface area contributed by atoms with E-state index in [9.17, 15) is 9.90 Å². The standard InChI is InChI=1S/C10H14ClNO3S/c1-6(8-2-3-9(11)16-8)12-5-7(13)4-10(14)15/h2-3,6-7,12-13H,4-5H2,1H3,(H,14,15). The van der Waals surface area contributed by atoms with Crippen molar-refractivity contribution < 1.29 is 15.0 Å². The van der Waals surface area contributed by atoms with Crippen molar-refractivity contribution in [1.29, 1.82) is 0 Å². The van der Waals surface area contributed by atoms with Crippen LogP contribution in [0.1, 0.15) is 24.3 Å². The average Bonchev–Trinajstić information content (AvgIpc) is 2.60. The van der Waals surface area contributed by atoms with Crippen molar-refractivity contribution in [1.82, 2.24) is 5.32 Å². The van der Waals surface area contributed by atoms with Crippen molar-refractivity contribution in [3.05, 3.63) is 21.3 Å². The number of hydrogen-bond donors (Lipinski definition) is 3. The summed E-state index contributed by atoms with van der Waals surface area (Å²) in [6, 6.07) is 3.78. The summed E-state index contributed by atoms with van der Waals surface area (Å²) in [7, 11) is 0. The highest BCUT2D eigenvalue weighted by atomic mass is 35.5. The van der Waals surface area contributed by atoms with Gasteiger partial charge in [0.05, 0.1) is 16.9 Å². The van der Waals surface area contributed by atoms with Crippen LogP contribution in [0, 0.1) is 0 Å². The number of nitrogens with one attached hydrogen (secondary N) is 1. The summed E-state index contributed by atoms with van der Waals surface area (Å²) in [5.74, 6) is -0.999. The van der Waals surface area contributed by atoms with Crippen molar-refractivity contribution in [3.8, 4) is 0 Å². The minimum absolute atomic E-state index is 0.0564. The number of aliphatic carboxylic acids is 1. The van der Waals surface area contributed by atoms with Gasteiger partial charge in [-0.25, -0.2) is 0 Å². The van der Waals surface area contributed by atoms with Gasteiger partial charge in [-0.1, -0.05) is 11.6 Å². The zero-order valence-corrected chi connectivity index (χ0v) is 10.4. The Hall–Kier alpha value is -0.620. The maximum absolute atomic E-state index is 10.3. The van der Waals surface area contributed by atoms with E-state index in [0.717, 1.165) is 9.21 Å². The number of aliphatic hydroxyl groups excluding tert-OH is 1. The zero-order chi connectivity index (χ0) is 12.1. The average molecular weight is 264 g/mol. The predicted molar refractivity (Wildman–Crippen MR) is 64.0 cm³/mol. The fourth-order valence-corrected chi connectivity index (χ4v) is 2.34. The molecule has 0 bridgehead atoms. The molecule has 1 aromatic rings. The molecule has 2 atom stereocenters. The van der Waals surface area contributed by atoms with Gasteiger partial charge in [0.25, 0.3) is 0 Å². The molecule has 3 N–H and O–H groups in total. The molecule has 0 spiro atoms. The van der Waals surface area contributed by atoms with Gasteiger partial charge in [0.15, 0.2) is 0 Å². The van der Waals surface area contributed by atoms with Crippen LogP contribution in [0.5, 0.6) is 0 Å². The highest BCUT2D eigenvalue weighted by molar-refractivity contribution is 7.16. The van der Waals surface area contributed by atoms with Crippen LogP contribution in [0.25, 0.3) is 0 Å². The molecule has 16 heavy (non-hydrogen) atoms. The molecule has 2 unspecified atom stereocenters. The van der Waals surface area contributed by atoms with E-state index in [2.05, 4.69) is 5.32 Å². The second-order valence-corrected chi connectivity index (χ2v) is 5.27. The van der Waals surface area contributed by atoms with E-state index in [1.165, 1.54) is 11.3 Å². The number of hydrogen-bond acceptors (Lipinski definition) is 4. The molecule has 4 nitrogen and oxygen atoms in total. The van der Waals surface area contributed by atoms with E-state index in [4.69, 9.17) is 16.7 Å². The maximum atomic E-state index is 10.3. The molecule has 0 saturated heterocycles. The summed E-state index contributed by atoms with van der Waals surface area (Å²) >= 11 is 7.27. The summed E-state index contributed by atoms with van der Waals surface area (Å²) in [6.07, 6.45) is -1.11. The minimum atomic E-state index is -0.999. The number of rotatable bonds is 6. The van der Waals surface area contributed by atoms with E-state index in [0.29, 0.717) is 0 Å². The third-order valence-electron chi connectivity index (χ3n) is 2.09. The number of carbonyl (C=O) groups is 1. The summed E-state index contributed by atoms with van der Waals surface area (Å²) in [5, 5.41) is 20.9. The first kappa shape index (κ1) is 13.4. The van der Waals surface area contributed by atoms with Crippen LogP contribution in [0.3, 0.4) is 0 Å². The molecule has 0 aliphatic rings. The van der Waals surface area contributed by atoms with Crippen molar-refractivity contribution in [2.45, 2.75) is 25.5 Å². The molecule has 1 heterocycles. The van der Waals surface area contributed by atoms with Crippen LogP contribution in [0.15, 0.2) is 12.1 Å². The van der Waals surface area contributed by atoms with Crippen LogP contribution < -0.4 is 5.32 Å². The maximum Gasteiger partial charge on any atom is 0.306 e. The predicted octanol–water partition coefficient (Wildman–Crippen LogP) is 1.89. The van der Waals surface area contributed by atoms with Gasteiger partial charge in [0.2, 0.25) is 0 Å². The van der Waals surface area contributed by atoms with Crippen molar-refractivity contribution in [2.75, 3.05) is 6.54 Å². The quantitative estimate of drug-likeness (QED) is 0.733. The van der Waals surface area contributed by atoms with Crippen LogP contribution >= 0.6 is 22.9 Å². The Morgan fingerprint density at radius 3 is 2.81 bits per heavy atom. The highest BCUT2D eigenvalue weighted by Crippen LogP contribution is 2.26. The van der Waals surface area contributed by atoms with Crippen LogP contribution in [0.2, 0.25) is 4.34 Å². The van der Waals surface area contributed by atoms with Gasteiger partial charge in [0.1, 0.15) is 0 Å². The third-order valence-corrected chi connectivity index (χ3v) is 3.50. The molecular weight excluding hydrogens is 250 g/mol. The van der Waals surface area contributed by atoms with E-state index in [1.807, 2.05) is 19.1 Å². The summed E-state index contributed by atoms with van der Waals surface area (Å²) in [6.45, 7) is 2.19. The van der Waals surface area contributed by atoms with Gasteiger partial charge >= 0.3 is 5.97 Å². The normalized spacial score (nSPS) is 14.7. The number of carboxylic acid groups (broad SMARTS) is 1. The number of carboxylic acids is 1. The van der Waals surface area contributed by atoms with Crippen molar-refractivity contribution in [2.24, 2.45) is 0 Å². The highest BCUT2D eigenvalue weighted by Gasteiger charge is 2.12. The fraction of sp³-hybridized carbons (Fsp3) is 0.500. The van der Waals surface area contributed by atoms with Gasteiger partial charge in [0, 0.05) is 17.5 Å². The lowest BCUT2D eigenvalue weighted by atomic mass is 10.2. The number of aliphatic hydroxyl groups is 1. The SMILES string of the molecule is CC(NCC(O)CC(=O)O)c1ccc(Cl)s1. The van der Waals surface area contributed by atoms with E-state index in [-0.39, 0.29) is 19.0 Å². The second-order valence-electron chi connectivity index (χ2n) is 3.52. The summed E-state index contributed by atoms with van der Waals surface area (Å²) < 4.78 is 0.717. The lowest BCUT2D eigenvalue weighted by molar-refractivity contribution is -0.139. The first-order valence-corrected chi connectivity index (χ1v) is 6.07. The Bertz CT molecular complexity index is 356. The molecule has 0 aromatic carbocycles. The summed E-state index contributed by atoms with van der Waals surface area (Å²) in [4.78, 5) is 11.4. The monoisotopic (exact) mass is 263 g/mol. The first-order chi connectivity index (χ1) is 7.49. The molecule has 0 amide bonds. The minimum Gasteiger partial charge on any atom is -0.481 e. The largest absolute Gasteiger partial charge is 0.481 e. The van der Waals surface area contributed by atoms with E-state index in [1.54, 1.807) is 0 Å². The van der Waals surface area contributed by atoms with E-state index >= 15 is 0 Å². The lowest BCUT2D eigenvalue weighted by Crippen LogP contribution is -2.30. The first-order valence-electron chi connectivity index (χ1n) is 4.87. The zero-order valence-electron chi connectivity index (χ0n) is 8.81. The van der Waals surface area contributed by atoms with Crippen molar-refractivity contribution >= 4 is 28.9 Å². The Balaban J connectivity index is 2.35. The Kier molecular flexibility index (Phi) is 5.21. The molecule has 0 aliphatic carbocycles. The van der Waals surface area contributed by atoms with E-state index < -0.39 is 12.1 Å². The molecule has 0 radical (unpaired) electrons. The van der Waals surface area contributed by atoms with Gasteiger partial charge in [-0.05, 0) is 19.1 Å².